The summed E-state index contributed by atoms with van der Waals surface area (Å²) in [5.41, 5.74) is 0.0489. The van der Waals surface area contributed by atoms with E-state index >= 15 is 0 Å². The van der Waals surface area contributed by atoms with E-state index in [0.717, 1.165) is 32.1 Å². The minimum atomic E-state index is -0.364. The van der Waals surface area contributed by atoms with Crippen LogP contribution in [0.1, 0.15) is 71.6 Å². The van der Waals surface area contributed by atoms with Crippen molar-refractivity contribution in [3.8, 4) is 0 Å². The zero-order chi connectivity index (χ0) is 17.0. The molecule has 0 aromatic carbocycles. The summed E-state index contributed by atoms with van der Waals surface area (Å²) in [6, 6.07) is 0. The van der Waals surface area contributed by atoms with Crippen molar-refractivity contribution in [1.82, 2.24) is 9.55 Å². The third-order valence-electron chi connectivity index (χ3n) is 5.31. The molecule has 0 bridgehead atoms. The molecular formula is C18H30N2O3. The molecule has 4 atom stereocenters. The van der Waals surface area contributed by atoms with Crippen molar-refractivity contribution in [2.75, 3.05) is 0 Å². The van der Waals surface area contributed by atoms with E-state index in [1.54, 1.807) is 10.8 Å². The monoisotopic (exact) mass is 322 g/mol. The number of aromatic nitrogens is 2. The highest BCUT2D eigenvalue weighted by Gasteiger charge is 2.32. The number of hydrogen-bond donors (Lipinski definition) is 1. The molecule has 1 aromatic rings. The van der Waals surface area contributed by atoms with Crippen LogP contribution < -0.4 is 11.2 Å². The van der Waals surface area contributed by atoms with E-state index in [2.05, 4.69) is 32.7 Å². The van der Waals surface area contributed by atoms with Crippen LogP contribution in [-0.4, -0.2) is 15.7 Å². The van der Waals surface area contributed by atoms with Gasteiger partial charge in [0.05, 0.1) is 6.10 Å². The van der Waals surface area contributed by atoms with Crippen LogP contribution in [-0.2, 0) is 11.2 Å². The second kappa shape index (κ2) is 7.95. The highest BCUT2D eigenvalue weighted by atomic mass is 16.5. The fourth-order valence-corrected chi connectivity index (χ4v) is 3.26. The number of H-pyrrole nitrogens is 1. The summed E-state index contributed by atoms with van der Waals surface area (Å²) in [7, 11) is 0. The molecule has 0 radical (unpaired) electrons. The fourth-order valence-electron chi connectivity index (χ4n) is 3.26. The van der Waals surface area contributed by atoms with E-state index in [1.165, 1.54) is 0 Å². The van der Waals surface area contributed by atoms with Gasteiger partial charge >= 0.3 is 5.69 Å². The van der Waals surface area contributed by atoms with Crippen molar-refractivity contribution in [3.05, 3.63) is 32.6 Å². The van der Waals surface area contributed by atoms with Crippen LogP contribution in [0.2, 0.25) is 0 Å². The van der Waals surface area contributed by atoms with Crippen LogP contribution in [0.25, 0.3) is 0 Å². The van der Waals surface area contributed by atoms with Crippen molar-refractivity contribution in [3.63, 3.8) is 0 Å². The van der Waals surface area contributed by atoms with Crippen LogP contribution in [0.5, 0.6) is 0 Å². The van der Waals surface area contributed by atoms with E-state index in [-0.39, 0.29) is 23.6 Å². The Bertz CT molecular complexity index is 619. The molecule has 1 saturated heterocycles. The average molecular weight is 322 g/mol. The van der Waals surface area contributed by atoms with Gasteiger partial charge in [-0.15, -0.1) is 0 Å². The van der Waals surface area contributed by atoms with Gasteiger partial charge in [0.1, 0.15) is 6.23 Å². The van der Waals surface area contributed by atoms with Crippen molar-refractivity contribution >= 4 is 0 Å². The number of aryl methyl sites for hydroxylation is 1. The molecule has 1 N–H and O–H groups in total. The Kier molecular flexibility index (Phi) is 6.22. The zero-order valence-corrected chi connectivity index (χ0v) is 14.8. The van der Waals surface area contributed by atoms with Crippen LogP contribution in [0.15, 0.2) is 15.8 Å². The molecule has 0 amide bonds. The quantitative estimate of drug-likeness (QED) is 0.838. The number of aromatic amines is 1. The summed E-state index contributed by atoms with van der Waals surface area (Å²) in [5, 5.41) is 0. The molecule has 2 rings (SSSR count). The lowest BCUT2D eigenvalue weighted by Gasteiger charge is -2.25. The minimum Gasteiger partial charge on any atom is -0.354 e. The molecule has 0 saturated carbocycles. The van der Waals surface area contributed by atoms with Gasteiger partial charge in [0, 0.05) is 11.8 Å². The van der Waals surface area contributed by atoms with Crippen molar-refractivity contribution < 1.29 is 4.74 Å². The van der Waals surface area contributed by atoms with Crippen molar-refractivity contribution in [1.29, 1.82) is 0 Å². The molecule has 5 nitrogen and oxygen atoms in total. The Hall–Kier alpha value is -1.36. The summed E-state index contributed by atoms with van der Waals surface area (Å²) < 4.78 is 7.73. The molecular weight excluding hydrogens is 292 g/mol. The first-order valence-electron chi connectivity index (χ1n) is 8.97. The third kappa shape index (κ3) is 4.14. The van der Waals surface area contributed by atoms with Crippen molar-refractivity contribution in [2.24, 2.45) is 11.8 Å². The second-order valence-electron chi connectivity index (χ2n) is 6.88. The van der Waals surface area contributed by atoms with Gasteiger partial charge in [-0.1, -0.05) is 40.5 Å². The normalized spacial score (nSPS) is 23.8. The summed E-state index contributed by atoms with van der Waals surface area (Å²) >= 11 is 0. The van der Waals surface area contributed by atoms with E-state index in [9.17, 15) is 9.59 Å². The minimum absolute atomic E-state index is 0.188. The number of unbranched alkanes of at least 4 members (excludes halogenated alkanes) is 1. The fraction of sp³-hybridized carbons (Fsp3) is 0.778. The molecule has 1 aliphatic rings. The largest absolute Gasteiger partial charge is 0.354 e. The van der Waals surface area contributed by atoms with E-state index in [1.807, 2.05) is 0 Å². The van der Waals surface area contributed by atoms with E-state index in [0.29, 0.717) is 23.8 Å². The first-order chi connectivity index (χ1) is 11.0. The SMILES string of the molecule is CCCCc1cn([C@H]2CCC(C(C)C(C)CC)O2)c(=O)[nH]c1=O. The van der Waals surface area contributed by atoms with Gasteiger partial charge in [-0.25, -0.2) is 4.79 Å². The molecule has 0 spiro atoms. The average Bonchev–Trinajstić information content (AvgIpc) is 3.02. The molecule has 5 heteroatoms. The molecule has 2 heterocycles. The number of nitrogens with one attached hydrogen (secondary N) is 1. The Morgan fingerprint density at radius 3 is 2.70 bits per heavy atom. The van der Waals surface area contributed by atoms with Gasteiger partial charge in [0.15, 0.2) is 0 Å². The topological polar surface area (TPSA) is 64.1 Å². The summed E-state index contributed by atoms with van der Waals surface area (Å²) in [4.78, 5) is 26.5. The number of rotatable bonds is 7. The summed E-state index contributed by atoms with van der Waals surface area (Å²) in [6.45, 7) is 8.76. The molecule has 0 aliphatic carbocycles. The predicted molar refractivity (Wildman–Crippen MR) is 91.7 cm³/mol. The maximum Gasteiger partial charge on any atom is 0.330 e. The van der Waals surface area contributed by atoms with Gasteiger partial charge < -0.3 is 4.74 Å². The molecule has 1 aromatic heterocycles. The third-order valence-corrected chi connectivity index (χ3v) is 5.31. The van der Waals surface area contributed by atoms with Gasteiger partial charge in [0.2, 0.25) is 0 Å². The van der Waals surface area contributed by atoms with Crippen LogP contribution in [0, 0.1) is 11.8 Å². The smallest absolute Gasteiger partial charge is 0.330 e. The van der Waals surface area contributed by atoms with Gasteiger partial charge in [-0.3, -0.25) is 14.3 Å². The zero-order valence-electron chi connectivity index (χ0n) is 14.8. The van der Waals surface area contributed by atoms with Crippen LogP contribution in [0.3, 0.4) is 0 Å². The Labute approximate surface area is 138 Å². The Morgan fingerprint density at radius 2 is 2.04 bits per heavy atom. The number of hydrogen-bond acceptors (Lipinski definition) is 3. The second-order valence-corrected chi connectivity index (χ2v) is 6.88. The summed E-state index contributed by atoms with van der Waals surface area (Å²) in [5.74, 6) is 1.08. The van der Waals surface area contributed by atoms with Gasteiger partial charge in [-0.2, -0.15) is 0 Å². The summed E-state index contributed by atoms with van der Waals surface area (Å²) in [6.07, 6.45) is 7.22. The maximum absolute atomic E-state index is 12.1. The van der Waals surface area contributed by atoms with E-state index < -0.39 is 0 Å². The van der Waals surface area contributed by atoms with E-state index in [4.69, 9.17) is 4.74 Å². The van der Waals surface area contributed by atoms with Gasteiger partial charge in [-0.05, 0) is 37.5 Å². The molecule has 23 heavy (non-hydrogen) atoms. The van der Waals surface area contributed by atoms with Gasteiger partial charge in [0.25, 0.3) is 5.56 Å². The van der Waals surface area contributed by atoms with Crippen LogP contribution in [0.4, 0.5) is 0 Å². The number of ether oxygens (including phenoxy) is 1. The standard InChI is InChI=1S/C18H30N2O3/c1-5-7-8-14-11-20(18(22)19-17(14)21)16-10-9-15(23-16)13(4)12(3)6-2/h11-13,15-16H,5-10H2,1-4H3,(H,19,21,22)/t12?,13?,15?,16-/m1/s1. The number of nitrogens with zero attached hydrogens (tertiary/aromatic N) is 1. The first kappa shape index (κ1) is 18.0. The molecule has 130 valence electrons. The maximum atomic E-state index is 12.1. The molecule has 1 aliphatic heterocycles. The lowest BCUT2D eigenvalue weighted by atomic mass is 9.88. The van der Waals surface area contributed by atoms with Crippen molar-refractivity contribution in [2.45, 2.75) is 78.6 Å². The Morgan fingerprint density at radius 1 is 1.30 bits per heavy atom. The lowest BCUT2D eigenvalue weighted by molar-refractivity contribution is -0.0350. The highest BCUT2D eigenvalue weighted by molar-refractivity contribution is 5.05. The Balaban J connectivity index is 2.16. The van der Waals surface area contributed by atoms with Crippen LogP contribution >= 0.6 is 0 Å². The molecule has 3 unspecified atom stereocenters. The molecule has 1 fully saturated rings. The first-order valence-corrected chi connectivity index (χ1v) is 8.97. The lowest BCUT2D eigenvalue weighted by Crippen LogP contribution is -2.34. The predicted octanol–water partition coefficient (Wildman–Crippen LogP) is 3.24. The highest BCUT2D eigenvalue weighted by Crippen LogP contribution is 2.34.